The number of methoxy groups -OCH3 is 1. The quantitative estimate of drug-likeness (QED) is 0.518. The Morgan fingerprint density at radius 2 is 1.93 bits per heavy atom. The Morgan fingerprint density at radius 3 is 2.40 bits per heavy atom. The molecule has 0 aromatic carbocycles. The van der Waals surface area contributed by atoms with Gasteiger partial charge in [0.1, 0.15) is 6.04 Å². The highest BCUT2D eigenvalue weighted by atomic mass is 16.5. The van der Waals surface area contributed by atoms with Crippen LogP contribution >= 0.6 is 0 Å². The summed E-state index contributed by atoms with van der Waals surface area (Å²) in [6, 6.07) is -1.01. The summed E-state index contributed by atoms with van der Waals surface area (Å²) in [5.41, 5.74) is 6.09. The standard InChI is InChI=1S/C22H40N4O4/c1-8-15(4)20(17(30-7)12-18(23)27)26(6)22(29)19(14(2)3)24-21(28)16-10-9-11-25(5)13-16/h10,14-15,17,19-20H,8-9,11-13H2,1-7H3,(H2,23,27)(H,24,28)/t15-,17+,19-,20?/m0/s1. The minimum atomic E-state index is -0.673. The number of nitrogens with one attached hydrogen (secondary N) is 1. The Labute approximate surface area is 181 Å². The smallest absolute Gasteiger partial charge is 0.248 e. The normalized spacial score (nSPS) is 18.9. The number of amides is 3. The van der Waals surface area contributed by atoms with Gasteiger partial charge in [-0.2, -0.15) is 0 Å². The van der Waals surface area contributed by atoms with Gasteiger partial charge < -0.3 is 25.6 Å². The Kier molecular flexibility index (Phi) is 10.5. The maximum atomic E-state index is 13.4. The topological polar surface area (TPSA) is 105 Å². The molecule has 8 nitrogen and oxygen atoms in total. The van der Waals surface area contributed by atoms with Gasteiger partial charge in [-0.3, -0.25) is 14.4 Å². The molecule has 172 valence electrons. The van der Waals surface area contributed by atoms with Crippen molar-refractivity contribution in [3.63, 3.8) is 0 Å². The number of hydrogen-bond acceptors (Lipinski definition) is 5. The van der Waals surface area contributed by atoms with Gasteiger partial charge in [0.05, 0.1) is 18.6 Å². The SMILES string of the molecule is CC[C@H](C)C([C@@H](CC(N)=O)OC)N(C)C(=O)[C@@H](NC(=O)C1=CCCN(C)C1)C(C)C. The van der Waals surface area contributed by atoms with E-state index in [9.17, 15) is 14.4 Å². The molecular weight excluding hydrogens is 384 g/mol. The second-order valence-corrected chi connectivity index (χ2v) is 8.72. The molecule has 0 saturated heterocycles. The molecule has 0 bridgehead atoms. The van der Waals surface area contributed by atoms with Gasteiger partial charge >= 0.3 is 0 Å². The monoisotopic (exact) mass is 424 g/mol. The average Bonchev–Trinajstić information content (AvgIpc) is 2.69. The van der Waals surface area contributed by atoms with Gasteiger partial charge in [0.25, 0.3) is 0 Å². The van der Waals surface area contributed by atoms with Crippen molar-refractivity contribution in [2.24, 2.45) is 17.6 Å². The van der Waals surface area contributed by atoms with Crippen LogP contribution in [0.25, 0.3) is 0 Å². The summed E-state index contributed by atoms with van der Waals surface area (Å²) in [4.78, 5) is 41.5. The van der Waals surface area contributed by atoms with Crippen molar-refractivity contribution in [3.05, 3.63) is 11.6 Å². The number of carbonyl (C=O) groups excluding carboxylic acids is 3. The van der Waals surface area contributed by atoms with Crippen LogP contribution in [0.2, 0.25) is 0 Å². The van der Waals surface area contributed by atoms with E-state index < -0.39 is 18.1 Å². The zero-order valence-electron chi connectivity index (χ0n) is 19.6. The first-order valence-corrected chi connectivity index (χ1v) is 10.8. The van der Waals surface area contributed by atoms with Crippen LogP contribution in [0, 0.1) is 11.8 Å². The number of nitrogens with two attached hydrogens (primary N) is 1. The van der Waals surface area contributed by atoms with Crippen molar-refractivity contribution in [1.82, 2.24) is 15.1 Å². The highest BCUT2D eigenvalue weighted by molar-refractivity contribution is 5.97. The van der Waals surface area contributed by atoms with Crippen molar-refractivity contribution in [2.75, 3.05) is 34.3 Å². The van der Waals surface area contributed by atoms with Crippen LogP contribution in [0.4, 0.5) is 0 Å². The molecule has 0 radical (unpaired) electrons. The van der Waals surface area contributed by atoms with Crippen LogP contribution in [0.3, 0.4) is 0 Å². The molecule has 1 aliphatic heterocycles. The molecule has 0 saturated carbocycles. The number of rotatable bonds is 11. The Bertz CT molecular complexity index is 635. The van der Waals surface area contributed by atoms with E-state index in [-0.39, 0.29) is 36.1 Å². The summed E-state index contributed by atoms with van der Waals surface area (Å²) < 4.78 is 5.55. The third-order valence-electron chi connectivity index (χ3n) is 5.96. The molecule has 0 fully saturated rings. The molecule has 0 aromatic heterocycles. The van der Waals surface area contributed by atoms with Crippen molar-refractivity contribution >= 4 is 17.7 Å². The van der Waals surface area contributed by atoms with E-state index in [0.29, 0.717) is 12.1 Å². The van der Waals surface area contributed by atoms with Crippen LogP contribution in [-0.4, -0.2) is 80.0 Å². The predicted octanol–water partition coefficient (Wildman–Crippen LogP) is 1.15. The summed E-state index contributed by atoms with van der Waals surface area (Å²) in [5, 5.41) is 2.94. The van der Waals surface area contributed by atoms with E-state index in [4.69, 9.17) is 10.5 Å². The van der Waals surface area contributed by atoms with Crippen LogP contribution in [0.15, 0.2) is 11.6 Å². The van der Waals surface area contributed by atoms with Crippen LogP contribution in [-0.2, 0) is 19.1 Å². The largest absolute Gasteiger partial charge is 0.379 e. The van der Waals surface area contributed by atoms with Gasteiger partial charge in [0, 0.05) is 32.8 Å². The maximum absolute atomic E-state index is 13.4. The number of ether oxygens (including phenoxy) is 1. The van der Waals surface area contributed by atoms with Gasteiger partial charge in [-0.25, -0.2) is 0 Å². The fourth-order valence-corrected chi connectivity index (χ4v) is 3.95. The average molecular weight is 425 g/mol. The summed E-state index contributed by atoms with van der Waals surface area (Å²) >= 11 is 0. The minimum Gasteiger partial charge on any atom is -0.379 e. The molecule has 3 amide bonds. The Balaban J connectivity index is 3.07. The molecule has 0 aliphatic carbocycles. The van der Waals surface area contributed by atoms with E-state index in [2.05, 4.69) is 10.2 Å². The van der Waals surface area contributed by atoms with Gasteiger partial charge in [0.15, 0.2) is 0 Å². The molecule has 1 heterocycles. The van der Waals surface area contributed by atoms with Crippen molar-refractivity contribution in [1.29, 1.82) is 0 Å². The summed E-state index contributed by atoms with van der Waals surface area (Å²) in [6.45, 7) is 9.36. The first kappa shape index (κ1) is 26.1. The van der Waals surface area contributed by atoms with Crippen molar-refractivity contribution in [2.45, 2.75) is 65.1 Å². The van der Waals surface area contributed by atoms with E-state index in [0.717, 1.165) is 19.4 Å². The zero-order chi connectivity index (χ0) is 23.0. The first-order valence-electron chi connectivity index (χ1n) is 10.8. The summed E-state index contributed by atoms with van der Waals surface area (Å²) in [7, 11) is 5.20. The Hall–Kier alpha value is -1.93. The maximum Gasteiger partial charge on any atom is 0.248 e. The molecule has 1 unspecified atom stereocenters. The number of hydrogen-bond donors (Lipinski definition) is 2. The molecule has 30 heavy (non-hydrogen) atoms. The van der Waals surface area contributed by atoms with Gasteiger partial charge in [-0.1, -0.05) is 40.2 Å². The molecule has 8 heteroatoms. The molecule has 0 spiro atoms. The predicted molar refractivity (Wildman–Crippen MR) is 118 cm³/mol. The van der Waals surface area contributed by atoms with Crippen molar-refractivity contribution in [3.8, 4) is 0 Å². The number of carbonyl (C=O) groups is 3. The minimum absolute atomic E-state index is 0.0288. The number of nitrogens with zero attached hydrogens (tertiary/aromatic N) is 2. The van der Waals surface area contributed by atoms with E-state index in [1.165, 1.54) is 7.11 Å². The number of likely N-dealkylation sites (N-methyl/N-ethyl adjacent to an activating group) is 2. The van der Waals surface area contributed by atoms with Gasteiger partial charge in [-0.05, 0) is 25.3 Å². The van der Waals surface area contributed by atoms with Crippen LogP contribution in [0.5, 0.6) is 0 Å². The van der Waals surface area contributed by atoms with Crippen LogP contribution in [0.1, 0.15) is 47.0 Å². The molecule has 1 rings (SSSR count). The van der Waals surface area contributed by atoms with Crippen LogP contribution < -0.4 is 11.1 Å². The zero-order valence-corrected chi connectivity index (χ0v) is 19.6. The fraction of sp³-hybridized carbons (Fsp3) is 0.773. The summed E-state index contributed by atoms with van der Waals surface area (Å²) in [6.07, 6.45) is 3.08. The third-order valence-corrected chi connectivity index (χ3v) is 5.96. The lowest BCUT2D eigenvalue weighted by Crippen LogP contribution is -2.57. The lowest BCUT2D eigenvalue weighted by molar-refractivity contribution is -0.143. The highest BCUT2D eigenvalue weighted by Crippen LogP contribution is 2.23. The first-order chi connectivity index (χ1) is 14.0. The molecule has 1 aliphatic rings. The van der Waals surface area contributed by atoms with E-state index in [1.54, 1.807) is 11.9 Å². The fourth-order valence-electron chi connectivity index (χ4n) is 3.95. The van der Waals surface area contributed by atoms with Crippen molar-refractivity contribution < 1.29 is 19.1 Å². The van der Waals surface area contributed by atoms with Gasteiger partial charge in [-0.15, -0.1) is 0 Å². The Morgan fingerprint density at radius 1 is 1.30 bits per heavy atom. The second kappa shape index (κ2) is 12.1. The molecule has 4 atom stereocenters. The lowest BCUT2D eigenvalue weighted by Gasteiger charge is -2.39. The van der Waals surface area contributed by atoms with Gasteiger partial charge in [0.2, 0.25) is 17.7 Å². The number of primary amides is 1. The second-order valence-electron chi connectivity index (χ2n) is 8.72. The van der Waals surface area contributed by atoms with E-state index >= 15 is 0 Å². The molecular formula is C22H40N4O4. The third kappa shape index (κ3) is 7.09. The molecule has 3 N–H and O–H groups in total. The van der Waals surface area contributed by atoms with E-state index in [1.807, 2.05) is 40.8 Å². The summed E-state index contributed by atoms with van der Waals surface area (Å²) in [5.74, 6) is -0.887. The molecule has 0 aromatic rings. The highest BCUT2D eigenvalue weighted by Gasteiger charge is 2.37. The lowest BCUT2D eigenvalue weighted by atomic mass is 9.90.